The van der Waals surface area contributed by atoms with E-state index in [1.807, 2.05) is 43.7 Å². The highest BCUT2D eigenvalue weighted by atomic mass is 32.1. The molecule has 0 radical (unpaired) electrons. The lowest BCUT2D eigenvalue weighted by Gasteiger charge is -2.26. The van der Waals surface area contributed by atoms with Crippen LogP contribution in [0.15, 0.2) is 47.8 Å². The molecule has 0 saturated carbocycles. The number of non-ortho nitro benzene ring substituents is 1. The van der Waals surface area contributed by atoms with E-state index in [-0.39, 0.29) is 5.69 Å². The molecular formula is C21H24N4O4S. The summed E-state index contributed by atoms with van der Waals surface area (Å²) in [5.41, 5.74) is 2.55. The maximum absolute atomic E-state index is 11.1. The van der Waals surface area contributed by atoms with Crippen molar-refractivity contribution in [3.63, 3.8) is 0 Å². The van der Waals surface area contributed by atoms with E-state index < -0.39 is 4.92 Å². The molecule has 0 saturated heterocycles. The fourth-order valence-electron chi connectivity index (χ4n) is 3.04. The van der Waals surface area contributed by atoms with Gasteiger partial charge in [0.25, 0.3) is 5.69 Å². The Morgan fingerprint density at radius 1 is 1.10 bits per heavy atom. The second kappa shape index (κ2) is 9.55. The number of rotatable bonds is 9. The normalized spacial score (nSPS) is 10.8. The predicted octanol–water partition coefficient (Wildman–Crippen LogP) is 4.26. The summed E-state index contributed by atoms with van der Waals surface area (Å²) < 4.78 is 10.7. The Hall–Kier alpha value is -3.17. The van der Waals surface area contributed by atoms with Gasteiger partial charge >= 0.3 is 0 Å². The molecule has 0 amide bonds. The van der Waals surface area contributed by atoms with Gasteiger partial charge in [0.2, 0.25) is 0 Å². The van der Waals surface area contributed by atoms with Crippen LogP contribution in [-0.2, 0) is 6.54 Å². The summed E-state index contributed by atoms with van der Waals surface area (Å²) in [6.45, 7) is 1.29. The zero-order valence-electron chi connectivity index (χ0n) is 17.4. The number of nitrogens with zero attached hydrogens (tertiary/aromatic N) is 4. The minimum atomic E-state index is -0.397. The van der Waals surface area contributed by atoms with E-state index in [9.17, 15) is 10.1 Å². The first-order chi connectivity index (χ1) is 14.4. The van der Waals surface area contributed by atoms with Crippen LogP contribution in [0.4, 0.5) is 10.8 Å². The van der Waals surface area contributed by atoms with E-state index in [0.29, 0.717) is 24.7 Å². The SMILES string of the molecule is COc1ccc(CN(CN(C)C)c2nc(-c3cccc([N+](=O)[O-])c3)cs2)cc1OC. The van der Waals surface area contributed by atoms with Gasteiger partial charge in [-0.1, -0.05) is 18.2 Å². The van der Waals surface area contributed by atoms with Crippen molar-refractivity contribution in [2.24, 2.45) is 0 Å². The third-order valence-electron chi connectivity index (χ3n) is 4.39. The molecular weight excluding hydrogens is 404 g/mol. The van der Waals surface area contributed by atoms with Gasteiger partial charge in [0.05, 0.1) is 31.5 Å². The molecule has 0 aliphatic rings. The smallest absolute Gasteiger partial charge is 0.270 e. The van der Waals surface area contributed by atoms with Crippen LogP contribution < -0.4 is 14.4 Å². The monoisotopic (exact) mass is 428 g/mol. The van der Waals surface area contributed by atoms with E-state index in [0.717, 1.165) is 22.0 Å². The number of nitro groups is 1. The van der Waals surface area contributed by atoms with Gasteiger partial charge in [-0.3, -0.25) is 15.0 Å². The van der Waals surface area contributed by atoms with Crippen LogP contribution in [0.1, 0.15) is 5.56 Å². The van der Waals surface area contributed by atoms with Gasteiger partial charge in [0.15, 0.2) is 16.6 Å². The molecule has 0 aliphatic carbocycles. The summed E-state index contributed by atoms with van der Waals surface area (Å²) in [5.74, 6) is 1.36. The molecule has 2 aromatic carbocycles. The van der Waals surface area contributed by atoms with Crippen molar-refractivity contribution in [3.05, 3.63) is 63.5 Å². The zero-order valence-corrected chi connectivity index (χ0v) is 18.2. The first-order valence-corrected chi connectivity index (χ1v) is 10.1. The van der Waals surface area contributed by atoms with Crippen LogP contribution in [0.5, 0.6) is 11.5 Å². The Bertz CT molecular complexity index is 1020. The molecule has 0 bridgehead atoms. The number of ether oxygens (including phenoxy) is 2. The fraction of sp³-hybridized carbons (Fsp3) is 0.286. The highest BCUT2D eigenvalue weighted by Crippen LogP contribution is 2.32. The molecule has 1 aromatic heterocycles. The lowest BCUT2D eigenvalue weighted by Crippen LogP contribution is -2.33. The van der Waals surface area contributed by atoms with Crippen LogP contribution in [0, 0.1) is 10.1 Å². The molecule has 0 spiro atoms. The largest absolute Gasteiger partial charge is 0.493 e. The lowest BCUT2D eigenvalue weighted by atomic mass is 10.1. The van der Waals surface area contributed by atoms with Gasteiger partial charge in [-0.15, -0.1) is 11.3 Å². The number of nitro benzene ring substituents is 1. The van der Waals surface area contributed by atoms with Gasteiger partial charge < -0.3 is 14.4 Å². The maximum Gasteiger partial charge on any atom is 0.270 e. The molecule has 0 atom stereocenters. The minimum Gasteiger partial charge on any atom is -0.493 e. The number of anilines is 1. The van der Waals surface area contributed by atoms with Crippen LogP contribution >= 0.6 is 11.3 Å². The van der Waals surface area contributed by atoms with Crippen molar-refractivity contribution < 1.29 is 14.4 Å². The molecule has 0 unspecified atom stereocenters. The fourth-order valence-corrected chi connectivity index (χ4v) is 3.87. The first kappa shape index (κ1) is 21.5. The number of hydrogen-bond acceptors (Lipinski definition) is 8. The van der Waals surface area contributed by atoms with Crippen LogP contribution in [0.3, 0.4) is 0 Å². The molecule has 0 N–H and O–H groups in total. The van der Waals surface area contributed by atoms with Gasteiger partial charge in [-0.2, -0.15) is 0 Å². The second-order valence-corrected chi connectivity index (χ2v) is 7.77. The van der Waals surface area contributed by atoms with Crippen molar-refractivity contribution in [1.29, 1.82) is 0 Å². The van der Waals surface area contributed by atoms with Crippen molar-refractivity contribution in [1.82, 2.24) is 9.88 Å². The van der Waals surface area contributed by atoms with Crippen molar-refractivity contribution in [3.8, 4) is 22.8 Å². The van der Waals surface area contributed by atoms with Crippen LogP contribution in [-0.4, -0.2) is 49.8 Å². The second-order valence-electron chi connectivity index (χ2n) is 6.93. The van der Waals surface area contributed by atoms with Crippen LogP contribution in [0.25, 0.3) is 11.3 Å². The van der Waals surface area contributed by atoms with E-state index in [4.69, 9.17) is 14.5 Å². The van der Waals surface area contributed by atoms with Crippen molar-refractivity contribution >= 4 is 22.2 Å². The summed E-state index contributed by atoms with van der Waals surface area (Å²) in [6, 6.07) is 12.4. The summed E-state index contributed by atoms with van der Waals surface area (Å²) in [5, 5.41) is 13.8. The molecule has 1 heterocycles. The molecule has 158 valence electrons. The highest BCUT2D eigenvalue weighted by Gasteiger charge is 2.16. The average molecular weight is 429 g/mol. The van der Waals surface area contributed by atoms with E-state index in [1.165, 1.54) is 17.4 Å². The summed E-state index contributed by atoms with van der Waals surface area (Å²) in [7, 11) is 7.22. The minimum absolute atomic E-state index is 0.0533. The van der Waals surface area contributed by atoms with E-state index in [2.05, 4.69) is 9.80 Å². The van der Waals surface area contributed by atoms with Crippen molar-refractivity contribution in [2.45, 2.75) is 6.54 Å². The number of aromatic nitrogens is 1. The zero-order chi connectivity index (χ0) is 21.7. The number of benzene rings is 2. The molecule has 0 fully saturated rings. The maximum atomic E-state index is 11.1. The molecule has 0 aliphatic heterocycles. The third kappa shape index (κ3) is 5.05. The number of hydrogen-bond donors (Lipinski definition) is 0. The quantitative estimate of drug-likeness (QED) is 0.286. The molecule has 9 heteroatoms. The standard InChI is InChI=1S/C21H24N4O4S/c1-23(2)14-24(12-15-8-9-19(28-3)20(10-15)29-4)21-22-18(13-30-21)16-6-5-7-17(11-16)25(26)27/h5-11,13H,12,14H2,1-4H3. The Morgan fingerprint density at radius 3 is 2.53 bits per heavy atom. The van der Waals surface area contributed by atoms with Gasteiger partial charge in [-0.05, 0) is 31.8 Å². The summed E-state index contributed by atoms with van der Waals surface area (Å²) >= 11 is 1.51. The Balaban J connectivity index is 1.88. The van der Waals surface area contributed by atoms with Crippen molar-refractivity contribution in [2.75, 3.05) is 39.9 Å². The Kier molecular flexibility index (Phi) is 6.86. The van der Waals surface area contributed by atoms with Gasteiger partial charge in [-0.25, -0.2) is 4.98 Å². The number of methoxy groups -OCH3 is 2. The topological polar surface area (TPSA) is 81.0 Å². The molecule has 8 nitrogen and oxygen atoms in total. The van der Waals surface area contributed by atoms with Gasteiger partial charge in [0.1, 0.15) is 0 Å². The molecule has 3 rings (SSSR count). The first-order valence-electron chi connectivity index (χ1n) is 9.22. The lowest BCUT2D eigenvalue weighted by molar-refractivity contribution is -0.384. The highest BCUT2D eigenvalue weighted by molar-refractivity contribution is 7.14. The average Bonchev–Trinajstić information content (AvgIpc) is 3.23. The van der Waals surface area contributed by atoms with E-state index >= 15 is 0 Å². The molecule has 3 aromatic rings. The summed E-state index contributed by atoms with van der Waals surface area (Å²) in [4.78, 5) is 19.6. The molecule has 30 heavy (non-hydrogen) atoms. The van der Waals surface area contributed by atoms with Gasteiger partial charge in [0, 0.05) is 29.6 Å². The van der Waals surface area contributed by atoms with E-state index in [1.54, 1.807) is 26.4 Å². The third-order valence-corrected chi connectivity index (χ3v) is 5.29. The Morgan fingerprint density at radius 2 is 1.87 bits per heavy atom. The van der Waals surface area contributed by atoms with Crippen LogP contribution in [0.2, 0.25) is 0 Å². The summed E-state index contributed by atoms with van der Waals surface area (Å²) in [6.07, 6.45) is 0. The number of thiazole rings is 1. The Labute approximate surface area is 179 Å². The predicted molar refractivity (Wildman–Crippen MR) is 118 cm³/mol.